The zero-order chi connectivity index (χ0) is 28.5. The van der Waals surface area contributed by atoms with E-state index in [2.05, 4.69) is 5.32 Å². The SMILES string of the molecule is COC(=O)[C@H](Cc1ccc(C(C(=O)OC(C)(C)C)C(=O)OC(C)(C)C)cc1)NC(=O)OCc1ccccc1. The van der Waals surface area contributed by atoms with Gasteiger partial charge in [0.05, 0.1) is 7.11 Å². The molecule has 0 aromatic heterocycles. The average Bonchev–Trinajstić information content (AvgIpc) is 2.81. The number of ether oxygens (including phenoxy) is 4. The monoisotopic (exact) mass is 527 g/mol. The maximum atomic E-state index is 12.9. The molecule has 1 N–H and O–H groups in total. The van der Waals surface area contributed by atoms with Gasteiger partial charge in [0.2, 0.25) is 0 Å². The first kappa shape index (κ1) is 30.3. The number of nitrogens with one attached hydrogen (secondary N) is 1. The van der Waals surface area contributed by atoms with Crippen LogP contribution in [0.5, 0.6) is 0 Å². The highest BCUT2D eigenvalue weighted by atomic mass is 16.6. The highest BCUT2D eigenvalue weighted by Gasteiger charge is 2.36. The second-order valence-corrected chi connectivity index (χ2v) is 10.7. The van der Waals surface area contributed by atoms with E-state index in [4.69, 9.17) is 18.9 Å². The van der Waals surface area contributed by atoms with Gasteiger partial charge in [0.1, 0.15) is 23.9 Å². The third-order valence-corrected chi connectivity index (χ3v) is 5.03. The van der Waals surface area contributed by atoms with Crippen molar-refractivity contribution in [2.45, 2.75) is 77.7 Å². The molecule has 0 bridgehead atoms. The van der Waals surface area contributed by atoms with Crippen molar-refractivity contribution in [3.8, 4) is 0 Å². The molecular weight excluding hydrogens is 490 g/mol. The minimum absolute atomic E-state index is 0.0476. The molecule has 0 unspecified atom stereocenters. The summed E-state index contributed by atoms with van der Waals surface area (Å²) in [6.07, 6.45) is -0.674. The van der Waals surface area contributed by atoms with Crippen molar-refractivity contribution >= 4 is 24.0 Å². The summed E-state index contributed by atoms with van der Waals surface area (Å²) >= 11 is 0. The number of methoxy groups -OCH3 is 1. The van der Waals surface area contributed by atoms with Crippen LogP contribution in [0.2, 0.25) is 0 Å². The van der Waals surface area contributed by atoms with E-state index in [1.165, 1.54) is 7.11 Å². The topological polar surface area (TPSA) is 117 Å². The highest BCUT2D eigenvalue weighted by molar-refractivity contribution is 6.01. The van der Waals surface area contributed by atoms with Crippen molar-refractivity contribution in [1.29, 1.82) is 0 Å². The van der Waals surface area contributed by atoms with Crippen LogP contribution in [0.15, 0.2) is 54.6 Å². The number of alkyl carbamates (subject to hydrolysis) is 1. The molecule has 206 valence electrons. The smallest absolute Gasteiger partial charge is 0.408 e. The van der Waals surface area contributed by atoms with Gasteiger partial charge in [-0.1, -0.05) is 54.6 Å². The zero-order valence-electron chi connectivity index (χ0n) is 23.0. The maximum absolute atomic E-state index is 12.9. The van der Waals surface area contributed by atoms with Gasteiger partial charge < -0.3 is 24.3 Å². The summed E-state index contributed by atoms with van der Waals surface area (Å²) in [7, 11) is 1.22. The summed E-state index contributed by atoms with van der Waals surface area (Å²) in [6, 6.07) is 14.6. The molecule has 0 saturated heterocycles. The van der Waals surface area contributed by atoms with Crippen molar-refractivity contribution in [1.82, 2.24) is 5.32 Å². The Morgan fingerprint density at radius 1 is 0.737 bits per heavy atom. The predicted octanol–water partition coefficient (Wildman–Crippen LogP) is 4.46. The zero-order valence-corrected chi connectivity index (χ0v) is 23.0. The van der Waals surface area contributed by atoms with E-state index in [1.807, 2.05) is 30.3 Å². The molecule has 1 amide bonds. The summed E-state index contributed by atoms with van der Waals surface area (Å²) in [5, 5.41) is 2.53. The number of carbonyl (C=O) groups is 4. The van der Waals surface area contributed by atoms with E-state index < -0.39 is 47.2 Å². The molecule has 0 heterocycles. The molecule has 0 aliphatic rings. The first-order valence-electron chi connectivity index (χ1n) is 12.3. The van der Waals surface area contributed by atoms with E-state index in [0.717, 1.165) is 5.56 Å². The summed E-state index contributed by atoms with van der Waals surface area (Å²) < 4.78 is 21.0. The molecule has 2 rings (SSSR count). The molecule has 0 radical (unpaired) electrons. The van der Waals surface area contributed by atoms with Gasteiger partial charge in [-0.3, -0.25) is 9.59 Å². The van der Waals surface area contributed by atoms with Crippen molar-refractivity contribution < 1.29 is 38.1 Å². The normalized spacial score (nSPS) is 12.3. The number of hydrogen-bond acceptors (Lipinski definition) is 8. The van der Waals surface area contributed by atoms with Crippen molar-refractivity contribution in [2.75, 3.05) is 7.11 Å². The maximum Gasteiger partial charge on any atom is 0.408 e. The van der Waals surface area contributed by atoms with Gasteiger partial charge in [-0.2, -0.15) is 0 Å². The molecule has 9 nitrogen and oxygen atoms in total. The summed E-state index contributed by atoms with van der Waals surface area (Å²) in [5.41, 5.74) is 0.233. The molecule has 1 atom stereocenters. The molecule has 0 aliphatic carbocycles. The van der Waals surface area contributed by atoms with Crippen molar-refractivity contribution in [2.24, 2.45) is 0 Å². The Morgan fingerprint density at radius 3 is 1.74 bits per heavy atom. The Kier molecular flexibility index (Phi) is 10.4. The lowest BCUT2D eigenvalue weighted by Gasteiger charge is -2.26. The van der Waals surface area contributed by atoms with Gasteiger partial charge in [-0.15, -0.1) is 0 Å². The fourth-order valence-electron chi connectivity index (χ4n) is 3.41. The molecule has 2 aromatic carbocycles. The van der Waals surface area contributed by atoms with Crippen molar-refractivity contribution in [3.05, 3.63) is 71.3 Å². The first-order chi connectivity index (χ1) is 17.7. The number of benzene rings is 2. The van der Waals surface area contributed by atoms with Crippen LogP contribution < -0.4 is 5.32 Å². The van der Waals surface area contributed by atoms with Crippen LogP contribution in [0.3, 0.4) is 0 Å². The van der Waals surface area contributed by atoms with Crippen LogP contribution in [-0.2, 0) is 46.4 Å². The predicted molar refractivity (Wildman–Crippen MR) is 140 cm³/mol. The molecule has 0 spiro atoms. The van der Waals surface area contributed by atoms with Gasteiger partial charge in [-0.05, 0) is 58.2 Å². The van der Waals surface area contributed by atoms with Gasteiger partial charge in [0, 0.05) is 6.42 Å². The molecule has 0 fully saturated rings. The van der Waals surface area contributed by atoms with Gasteiger partial charge in [0.15, 0.2) is 5.92 Å². The quantitative estimate of drug-likeness (QED) is 0.289. The minimum atomic E-state index is -1.29. The van der Waals surface area contributed by atoms with E-state index in [0.29, 0.717) is 11.1 Å². The Balaban J connectivity index is 2.17. The number of hydrogen-bond donors (Lipinski definition) is 1. The van der Waals surface area contributed by atoms with Crippen LogP contribution in [-0.4, -0.2) is 48.4 Å². The summed E-state index contributed by atoms with van der Waals surface area (Å²) in [6.45, 7) is 10.3. The van der Waals surface area contributed by atoms with E-state index in [1.54, 1.807) is 65.8 Å². The van der Waals surface area contributed by atoms with E-state index >= 15 is 0 Å². The van der Waals surface area contributed by atoms with Crippen LogP contribution in [0.25, 0.3) is 0 Å². The third kappa shape index (κ3) is 10.2. The fourth-order valence-corrected chi connectivity index (χ4v) is 3.41. The lowest BCUT2D eigenvalue weighted by Crippen LogP contribution is -2.43. The van der Waals surface area contributed by atoms with Crippen LogP contribution in [0.1, 0.15) is 64.2 Å². The van der Waals surface area contributed by atoms with Crippen molar-refractivity contribution in [3.63, 3.8) is 0 Å². The summed E-state index contributed by atoms with van der Waals surface area (Å²) in [5.74, 6) is -3.39. The van der Waals surface area contributed by atoms with Crippen LogP contribution >= 0.6 is 0 Å². The number of carbonyl (C=O) groups excluding carboxylic acids is 4. The third-order valence-electron chi connectivity index (χ3n) is 5.03. The lowest BCUT2D eigenvalue weighted by molar-refractivity contribution is -0.169. The summed E-state index contributed by atoms with van der Waals surface area (Å²) in [4.78, 5) is 50.5. The molecule has 0 aliphatic heterocycles. The highest BCUT2D eigenvalue weighted by Crippen LogP contribution is 2.25. The largest absolute Gasteiger partial charge is 0.467 e. The Hall–Kier alpha value is -3.88. The Morgan fingerprint density at radius 2 is 1.26 bits per heavy atom. The molecule has 2 aromatic rings. The van der Waals surface area contributed by atoms with Gasteiger partial charge in [0.25, 0.3) is 0 Å². The Labute approximate surface area is 223 Å². The first-order valence-corrected chi connectivity index (χ1v) is 12.3. The van der Waals surface area contributed by atoms with Crippen LogP contribution in [0.4, 0.5) is 4.79 Å². The second kappa shape index (κ2) is 13.1. The second-order valence-electron chi connectivity index (χ2n) is 10.7. The number of rotatable bonds is 9. The minimum Gasteiger partial charge on any atom is -0.467 e. The fraction of sp³-hybridized carbons (Fsp3) is 0.448. The van der Waals surface area contributed by atoms with E-state index in [-0.39, 0.29) is 13.0 Å². The van der Waals surface area contributed by atoms with E-state index in [9.17, 15) is 19.2 Å². The molecule has 0 saturated carbocycles. The Bertz CT molecular complexity index is 1070. The average molecular weight is 528 g/mol. The molecule has 38 heavy (non-hydrogen) atoms. The molecule has 9 heteroatoms. The van der Waals surface area contributed by atoms with Gasteiger partial charge >= 0.3 is 24.0 Å². The molecular formula is C29H37NO8. The number of esters is 3. The standard InChI is InChI=1S/C29H37NO8/c1-28(2,3)37-25(32)23(26(33)38-29(4,5)6)21-15-13-19(14-16-21)17-22(24(31)35-7)30-27(34)36-18-20-11-9-8-10-12-20/h8-16,22-23H,17-18H2,1-7H3,(H,30,34)/t22-/m0/s1. The lowest BCUT2D eigenvalue weighted by atomic mass is 9.95. The van der Waals surface area contributed by atoms with Gasteiger partial charge in [-0.25, -0.2) is 9.59 Å². The van der Waals surface area contributed by atoms with Crippen LogP contribution in [0, 0.1) is 0 Å². The number of amides is 1.